The summed E-state index contributed by atoms with van der Waals surface area (Å²) < 4.78 is 13.5. The highest BCUT2D eigenvalue weighted by atomic mass is 35.5. The summed E-state index contributed by atoms with van der Waals surface area (Å²) >= 11 is 6.01. The summed E-state index contributed by atoms with van der Waals surface area (Å²) in [5, 5.41) is 0.425. The molecule has 0 unspecified atom stereocenters. The van der Waals surface area contributed by atoms with Crippen LogP contribution in [-0.4, -0.2) is 0 Å². The lowest BCUT2D eigenvalue weighted by atomic mass is 9.87. The maximum absolute atomic E-state index is 13.5. The van der Waals surface area contributed by atoms with Crippen LogP contribution in [0.15, 0.2) is 6.07 Å². The largest absolute Gasteiger partial charge is 0.397 e. The van der Waals surface area contributed by atoms with Gasteiger partial charge in [0.25, 0.3) is 0 Å². The minimum absolute atomic E-state index is 0.177. The molecule has 1 aromatic carbocycles. The van der Waals surface area contributed by atoms with E-state index in [4.69, 9.17) is 23.1 Å². The lowest BCUT2D eigenvalue weighted by molar-refractivity contribution is 0.532. The van der Waals surface area contributed by atoms with Crippen molar-refractivity contribution in [3.8, 4) is 0 Å². The lowest BCUT2D eigenvalue weighted by Crippen LogP contribution is -2.19. The Morgan fingerprint density at radius 1 is 1.50 bits per heavy atom. The van der Waals surface area contributed by atoms with E-state index in [0.717, 1.165) is 12.8 Å². The molecule has 2 nitrogen and oxygen atoms in total. The lowest BCUT2D eigenvalue weighted by Gasteiger charge is -2.24. The third-order valence-corrected chi connectivity index (χ3v) is 3.12. The summed E-state index contributed by atoms with van der Waals surface area (Å²) in [6.45, 7) is 0. The van der Waals surface area contributed by atoms with Crippen LogP contribution in [0.1, 0.15) is 30.0 Å². The first-order valence-electron chi connectivity index (χ1n) is 4.63. The molecule has 4 heteroatoms. The van der Waals surface area contributed by atoms with Crippen LogP contribution >= 0.6 is 11.6 Å². The second-order valence-corrected chi connectivity index (χ2v) is 4.03. The molecule has 2 rings (SSSR count). The number of halogens is 2. The minimum Gasteiger partial charge on any atom is -0.397 e. The van der Waals surface area contributed by atoms with Crippen molar-refractivity contribution in [3.05, 3.63) is 28.0 Å². The molecule has 4 N–H and O–H groups in total. The number of fused-ring (bicyclic) bond motifs is 1. The number of rotatable bonds is 0. The van der Waals surface area contributed by atoms with Gasteiger partial charge in [0.15, 0.2) is 0 Å². The fourth-order valence-electron chi connectivity index (χ4n) is 1.99. The Kier molecular flexibility index (Phi) is 2.37. The van der Waals surface area contributed by atoms with E-state index in [1.54, 1.807) is 0 Å². The Balaban J connectivity index is 2.67. The van der Waals surface area contributed by atoms with Crippen LogP contribution in [0.5, 0.6) is 0 Å². The van der Waals surface area contributed by atoms with Gasteiger partial charge in [-0.2, -0.15) is 0 Å². The maximum atomic E-state index is 13.5. The summed E-state index contributed by atoms with van der Waals surface area (Å²) in [6.07, 6.45) is 2.45. The van der Waals surface area contributed by atoms with Crippen molar-refractivity contribution in [2.24, 2.45) is 5.73 Å². The molecule has 0 saturated carbocycles. The van der Waals surface area contributed by atoms with E-state index in [0.29, 0.717) is 22.6 Å². The molecule has 1 atom stereocenters. The number of benzene rings is 1. The highest BCUT2D eigenvalue weighted by molar-refractivity contribution is 6.34. The molecule has 1 aromatic rings. The molecule has 0 heterocycles. The predicted octanol–water partition coefficient (Wildman–Crippen LogP) is 2.40. The van der Waals surface area contributed by atoms with Crippen LogP contribution in [0.2, 0.25) is 5.02 Å². The monoisotopic (exact) mass is 214 g/mol. The van der Waals surface area contributed by atoms with Crippen LogP contribution in [0, 0.1) is 5.82 Å². The average molecular weight is 215 g/mol. The van der Waals surface area contributed by atoms with Crippen molar-refractivity contribution in [1.29, 1.82) is 0 Å². The molecule has 0 radical (unpaired) electrons. The smallest absolute Gasteiger partial charge is 0.128 e. The maximum Gasteiger partial charge on any atom is 0.128 e. The van der Waals surface area contributed by atoms with Crippen molar-refractivity contribution in [1.82, 2.24) is 0 Å². The van der Waals surface area contributed by atoms with Gasteiger partial charge in [-0.3, -0.25) is 0 Å². The average Bonchev–Trinajstić information content (AvgIpc) is 2.14. The molecule has 0 bridgehead atoms. The zero-order valence-electron chi connectivity index (χ0n) is 7.69. The van der Waals surface area contributed by atoms with E-state index in [2.05, 4.69) is 0 Å². The van der Waals surface area contributed by atoms with Gasteiger partial charge in [-0.25, -0.2) is 4.39 Å². The molecule has 76 valence electrons. The third kappa shape index (κ3) is 1.37. The molecule has 0 aromatic heterocycles. The van der Waals surface area contributed by atoms with Gasteiger partial charge in [0.2, 0.25) is 0 Å². The summed E-state index contributed by atoms with van der Waals surface area (Å²) in [5.74, 6) is -0.281. The Labute approximate surface area is 87.0 Å². The Morgan fingerprint density at radius 2 is 2.21 bits per heavy atom. The van der Waals surface area contributed by atoms with Crippen molar-refractivity contribution in [2.45, 2.75) is 25.3 Å². The number of nitrogen functional groups attached to an aromatic ring is 1. The molecule has 1 aliphatic rings. The van der Waals surface area contributed by atoms with E-state index in [-0.39, 0.29) is 17.5 Å². The zero-order valence-corrected chi connectivity index (χ0v) is 8.44. The van der Waals surface area contributed by atoms with E-state index < -0.39 is 0 Å². The molecular weight excluding hydrogens is 203 g/mol. The zero-order chi connectivity index (χ0) is 10.3. The second-order valence-electron chi connectivity index (χ2n) is 3.65. The number of anilines is 1. The molecule has 0 spiro atoms. The SMILES string of the molecule is Nc1cc(F)c2c(c1Cl)[C@@H](N)CCC2. The fraction of sp³-hybridized carbons (Fsp3) is 0.400. The van der Waals surface area contributed by atoms with Crippen LogP contribution in [0.25, 0.3) is 0 Å². The van der Waals surface area contributed by atoms with Crippen molar-refractivity contribution < 1.29 is 4.39 Å². The van der Waals surface area contributed by atoms with Crippen molar-refractivity contribution >= 4 is 17.3 Å². The summed E-state index contributed by atoms with van der Waals surface area (Å²) in [6, 6.07) is 1.10. The fourth-order valence-corrected chi connectivity index (χ4v) is 2.30. The number of hydrogen-bond donors (Lipinski definition) is 2. The van der Waals surface area contributed by atoms with E-state index in [9.17, 15) is 4.39 Å². The quantitative estimate of drug-likeness (QED) is 0.652. The summed E-state index contributed by atoms with van der Waals surface area (Å²) in [4.78, 5) is 0. The molecule has 14 heavy (non-hydrogen) atoms. The van der Waals surface area contributed by atoms with Gasteiger partial charge in [0.05, 0.1) is 10.7 Å². The first kappa shape index (κ1) is 9.74. The highest BCUT2D eigenvalue weighted by Gasteiger charge is 2.24. The Hall–Kier alpha value is -0.800. The van der Waals surface area contributed by atoms with E-state index in [1.165, 1.54) is 6.07 Å². The van der Waals surface area contributed by atoms with Gasteiger partial charge in [-0.1, -0.05) is 11.6 Å². The Morgan fingerprint density at radius 3 is 2.93 bits per heavy atom. The summed E-state index contributed by atoms with van der Waals surface area (Å²) in [7, 11) is 0. The molecule has 0 aliphatic heterocycles. The van der Waals surface area contributed by atoms with Gasteiger partial charge in [-0.15, -0.1) is 0 Å². The van der Waals surface area contributed by atoms with Crippen LogP contribution < -0.4 is 11.5 Å². The van der Waals surface area contributed by atoms with Gasteiger partial charge in [0, 0.05) is 6.04 Å². The van der Waals surface area contributed by atoms with Crippen LogP contribution in [0.4, 0.5) is 10.1 Å². The van der Waals surface area contributed by atoms with Gasteiger partial charge >= 0.3 is 0 Å². The van der Waals surface area contributed by atoms with E-state index in [1.807, 2.05) is 0 Å². The number of hydrogen-bond acceptors (Lipinski definition) is 2. The molecule has 0 saturated heterocycles. The van der Waals surface area contributed by atoms with Crippen molar-refractivity contribution in [3.63, 3.8) is 0 Å². The van der Waals surface area contributed by atoms with Crippen LogP contribution in [-0.2, 0) is 6.42 Å². The van der Waals surface area contributed by atoms with Crippen molar-refractivity contribution in [2.75, 3.05) is 5.73 Å². The topological polar surface area (TPSA) is 52.0 Å². The molecular formula is C10H12ClFN2. The Bertz CT molecular complexity index is 379. The van der Waals surface area contributed by atoms with Gasteiger partial charge < -0.3 is 11.5 Å². The second kappa shape index (κ2) is 3.41. The minimum atomic E-state index is -0.281. The third-order valence-electron chi connectivity index (χ3n) is 2.70. The van der Waals surface area contributed by atoms with Gasteiger partial charge in [0.1, 0.15) is 5.82 Å². The van der Waals surface area contributed by atoms with E-state index >= 15 is 0 Å². The standard InChI is InChI=1S/C10H12ClFN2/c11-10-8(14)4-6(12)5-2-1-3-7(13)9(5)10/h4,7H,1-3,13-14H2/t7-/m0/s1. The predicted molar refractivity (Wildman–Crippen MR) is 55.7 cm³/mol. The number of nitrogens with two attached hydrogens (primary N) is 2. The molecule has 0 amide bonds. The van der Waals surface area contributed by atoms with Crippen LogP contribution in [0.3, 0.4) is 0 Å². The first-order chi connectivity index (χ1) is 6.61. The highest BCUT2D eigenvalue weighted by Crippen LogP contribution is 2.38. The summed E-state index contributed by atoms with van der Waals surface area (Å²) in [5.41, 5.74) is 13.1. The first-order valence-corrected chi connectivity index (χ1v) is 5.01. The normalized spacial score (nSPS) is 20.6. The van der Waals surface area contributed by atoms with Gasteiger partial charge in [-0.05, 0) is 36.5 Å². The molecule has 1 aliphatic carbocycles. The molecule has 0 fully saturated rings.